The monoisotopic (exact) mass is 288 g/mol. The average molecular weight is 288 g/mol. The number of rotatable bonds is 1. The molecule has 0 bridgehead atoms. The van der Waals surface area contributed by atoms with Crippen molar-refractivity contribution in [3.8, 4) is 17.3 Å². The van der Waals surface area contributed by atoms with E-state index in [4.69, 9.17) is 5.26 Å². The van der Waals surface area contributed by atoms with Gasteiger partial charge in [-0.3, -0.25) is 4.40 Å². The lowest BCUT2D eigenvalue weighted by Crippen LogP contribution is -2.08. The van der Waals surface area contributed by atoms with Crippen LogP contribution in [0.1, 0.15) is 11.3 Å². The van der Waals surface area contributed by atoms with Gasteiger partial charge in [-0.15, -0.1) is 0 Å². The second-order valence-corrected chi connectivity index (χ2v) is 4.27. The highest BCUT2D eigenvalue weighted by Crippen LogP contribution is 2.36. The van der Waals surface area contributed by atoms with E-state index in [0.29, 0.717) is 0 Å². The first-order valence-corrected chi connectivity index (χ1v) is 5.91. The van der Waals surface area contributed by atoms with Crippen LogP contribution in [0.4, 0.5) is 13.2 Å². The SMILES string of the molecule is N#Cc1ncn2c(-c3ccccc3C(F)(F)F)ccnc12. The summed E-state index contributed by atoms with van der Waals surface area (Å²) < 4.78 is 40.7. The van der Waals surface area contributed by atoms with Crippen LogP contribution in [-0.4, -0.2) is 14.4 Å². The summed E-state index contributed by atoms with van der Waals surface area (Å²) in [5.41, 5.74) is -0.153. The molecule has 0 radical (unpaired) electrons. The van der Waals surface area contributed by atoms with E-state index in [1.54, 1.807) is 0 Å². The summed E-state index contributed by atoms with van der Waals surface area (Å²) in [6, 6.07) is 8.57. The van der Waals surface area contributed by atoms with Crippen LogP contribution in [0.3, 0.4) is 0 Å². The van der Waals surface area contributed by atoms with E-state index in [2.05, 4.69) is 9.97 Å². The van der Waals surface area contributed by atoms with E-state index in [-0.39, 0.29) is 22.6 Å². The van der Waals surface area contributed by atoms with Crippen LogP contribution in [0.5, 0.6) is 0 Å². The number of nitriles is 1. The minimum absolute atomic E-state index is 0.0132. The van der Waals surface area contributed by atoms with Gasteiger partial charge in [0, 0.05) is 11.8 Å². The topological polar surface area (TPSA) is 54.0 Å². The lowest BCUT2D eigenvalue weighted by atomic mass is 10.0. The zero-order valence-electron chi connectivity index (χ0n) is 10.5. The van der Waals surface area contributed by atoms with Gasteiger partial charge in [0.05, 0.1) is 11.3 Å². The second-order valence-electron chi connectivity index (χ2n) is 4.27. The van der Waals surface area contributed by atoms with Gasteiger partial charge in [0.2, 0.25) is 0 Å². The summed E-state index contributed by atoms with van der Waals surface area (Å²) in [6.07, 6.45) is -1.81. The smallest absolute Gasteiger partial charge is 0.282 e. The lowest BCUT2D eigenvalue weighted by molar-refractivity contribution is -0.137. The molecule has 0 aliphatic heterocycles. The second kappa shape index (κ2) is 4.59. The van der Waals surface area contributed by atoms with Gasteiger partial charge in [-0.1, -0.05) is 18.2 Å². The number of hydrogen-bond acceptors (Lipinski definition) is 3. The molecule has 4 nitrogen and oxygen atoms in total. The quantitative estimate of drug-likeness (QED) is 0.690. The van der Waals surface area contributed by atoms with Gasteiger partial charge >= 0.3 is 6.18 Å². The van der Waals surface area contributed by atoms with E-state index in [1.165, 1.54) is 41.2 Å². The van der Waals surface area contributed by atoms with Crippen molar-refractivity contribution in [2.24, 2.45) is 0 Å². The maximum Gasteiger partial charge on any atom is 0.417 e. The maximum absolute atomic E-state index is 13.1. The van der Waals surface area contributed by atoms with Crippen LogP contribution in [0.2, 0.25) is 0 Å². The highest BCUT2D eigenvalue weighted by atomic mass is 19.4. The van der Waals surface area contributed by atoms with Crippen molar-refractivity contribution in [1.82, 2.24) is 14.4 Å². The number of imidazole rings is 1. The maximum atomic E-state index is 13.1. The van der Waals surface area contributed by atoms with Crippen molar-refractivity contribution in [1.29, 1.82) is 5.26 Å². The number of alkyl halides is 3. The Labute approximate surface area is 117 Å². The van der Waals surface area contributed by atoms with E-state index in [0.717, 1.165) is 6.07 Å². The number of hydrogen-bond donors (Lipinski definition) is 0. The first kappa shape index (κ1) is 13.1. The molecule has 21 heavy (non-hydrogen) atoms. The number of nitrogens with zero attached hydrogens (tertiary/aromatic N) is 4. The minimum Gasteiger partial charge on any atom is -0.282 e. The first-order valence-electron chi connectivity index (χ1n) is 5.91. The van der Waals surface area contributed by atoms with Crippen LogP contribution in [0.25, 0.3) is 16.9 Å². The summed E-state index contributed by atoms with van der Waals surface area (Å²) >= 11 is 0. The van der Waals surface area contributed by atoms with Crippen molar-refractivity contribution in [2.45, 2.75) is 6.18 Å². The van der Waals surface area contributed by atoms with Crippen molar-refractivity contribution < 1.29 is 13.2 Å². The van der Waals surface area contributed by atoms with Gasteiger partial charge in [0.25, 0.3) is 0 Å². The van der Waals surface area contributed by atoms with Crippen LogP contribution < -0.4 is 0 Å². The van der Waals surface area contributed by atoms with E-state index in [1.807, 2.05) is 6.07 Å². The third-order valence-corrected chi connectivity index (χ3v) is 3.05. The molecular formula is C14H7F3N4. The highest BCUT2D eigenvalue weighted by molar-refractivity contribution is 5.68. The van der Waals surface area contributed by atoms with Crippen molar-refractivity contribution in [3.05, 3.63) is 54.1 Å². The van der Waals surface area contributed by atoms with Gasteiger partial charge in [-0.25, -0.2) is 9.97 Å². The van der Waals surface area contributed by atoms with Gasteiger partial charge in [0.15, 0.2) is 11.3 Å². The molecule has 0 atom stereocenters. The molecule has 1 aromatic carbocycles. The fourth-order valence-corrected chi connectivity index (χ4v) is 2.15. The number of fused-ring (bicyclic) bond motifs is 1. The molecule has 0 unspecified atom stereocenters. The van der Waals surface area contributed by atoms with Crippen LogP contribution in [0, 0.1) is 11.3 Å². The predicted octanol–water partition coefficient (Wildman–Crippen LogP) is 3.29. The standard InChI is InChI=1S/C14H7F3N4/c15-14(16,17)10-4-2-1-3-9(10)12-5-6-19-13-11(7-18)20-8-21(12)13/h1-6,8H. The van der Waals surface area contributed by atoms with E-state index in [9.17, 15) is 13.2 Å². The predicted molar refractivity (Wildman–Crippen MR) is 68.1 cm³/mol. The zero-order chi connectivity index (χ0) is 15.0. The van der Waals surface area contributed by atoms with Crippen LogP contribution >= 0.6 is 0 Å². The summed E-state index contributed by atoms with van der Waals surface area (Å²) in [6.45, 7) is 0. The van der Waals surface area contributed by atoms with Crippen LogP contribution in [0.15, 0.2) is 42.9 Å². The summed E-state index contributed by atoms with van der Waals surface area (Å²) in [7, 11) is 0. The first-order chi connectivity index (χ1) is 10.0. The average Bonchev–Trinajstić information content (AvgIpc) is 2.89. The molecule has 0 N–H and O–H groups in total. The molecule has 0 fully saturated rings. The molecule has 0 aliphatic rings. The summed E-state index contributed by atoms with van der Waals surface area (Å²) in [4.78, 5) is 7.84. The van der Waals surface area contributed by atoms with E-state index < -0.39 is 11.7 Å². The fourth-order valence-electron chi connectivity index (χ4n) is 2.15. The largest absolute Gasteiger partial charge is 0.417 e. The van der Waals surface area contributed by atoms with Crippen molar-refractivity contribution in [3.63, 3.8) is 0 Å². The normalized spacial score (nSPS) is 11.5. The molecule has 2 heterocycles. The Kier molecular flexibility index (Phi) is 2.87. The fraction of sp³-hybridized carbons (Fsp3) is 0.0714. The molecule has 0 saturated carbocycles. The Bertz CT molecular complexity index is 859. The third kappa shape index (κ3) is 2.10. The molecule has 0 amide bonds. The Morgan fingerprint density at radius 2 is 1.86 bits per heavy atom. The molecular weight excluding hydrogens is 281 g/mol. The Morgan fingerprint density at radius 3 is 2.57 bits per heavy atom. The van der Waals surface area contributed by atoms with Crippen LogP contribution in [-0.2, 0) is 6.18 Å². The number of halogens is 3. The highest BCUT2D eigenvalue weighted by Gasteiger charge is 2.33. The summed E-state index contributed by atoms with van der Waals surface area (Å²) in [5.74, 6) is 0. The van der Waals surface area contributed by atoms with Gasteiger partial charge in [-0.2, -0.15) is 18.4 Å². The summed E-state index contributed by atoms with van der Waals surface area (Å²) in [5, 5.41) is 8.92. The third-order valence-electron chi connectivity index (χ3n) is 3.05. The molecule has 7 heteroatoms. The Hall–Kier alpha value is -2.88. The van der Waals surface area contributed by atoms with Gasteiger partial charge < -0.3 is 0 Å². The minimum atomic E-state index is -4.47. The molecule has 0 aliphatic carbocycles. The molecule has 0 saturated heterocycles. The number of aromatic nitrogens is 3. The van der Waals surface area contributed by atoms with Crippen molar-refractivity contribution in [2.75, 3.05) is 0 Å². The Balaban J connectivity index is 2.33. The van der Waals surface area contributed by atoms with Gasteiger partial charge in [0.1, 0.15) is 12.4 Å². The van der Waals surface area contributed by atoms with Gasteiger partial charge in [-0.05, 0) is 12.1 Å². The molecule has 2 aromatic heterocycles. The number of benzene rings is 1. The van der Waals surface area contributed by atoms with E-state index >= 15 is 0 Å². The molecule has 104 valence electrons. The molecule has 3 rings (SSSR count). The Morgan fingerprint density at radius 1 is 1.10 bits per heavy atom. The zero-order valence-corrected chi connectivity index (χ0v) is 10.5. The lowest BCUT2D eigenvalue weighted by Gasteiger charge is -2.13. The molecule has 0 spiro atoms. The van der Waals surface area contributed by atoms with Crippen molar-refractivity contribution >= 4 is 5.65 Å². The molecule has 3 aromatic rings.